The summed E-state index contributed by atoms with van der Waals surface area (Å²) in [6.45, 7) is 6.36. The topological polar surface area (TPSA) is 95.9 Å². The van der Waals surface area contributed by atoms with Gasteiger partial charge in [0.15, 0.2) is 0 Å². The maximum Gasteiger partial charge on any atom is 0.306 e. The van der Waals surface area contributed by atoms with Crippen LogP contribution in [0.2, 0.25) is 0 Å². The normalized spacial score (nSPS) is 13.6. The van der Waals surface area contributed by atoms with E-state index < -0.39 is 18.2 Å². The zero-order valence-corrected chi connectivity index (χ0v) is 41.3. The zero-order chi connectivity index (χ0) is 45.2. The third-order valence-electron chi connectivity index (χ3n) is 12.3. The third-order valence-corrected chi connectivity index (χ3v) is 12.3. The number of hydrogen-bond acceptors (Lipinski definition) is 5. The van der Waals surface area contributed by atoms with Gasteiger partial charge in [0.05, 0.1) is 25.2 Å². The van der Waals surface area contributed by atoms with E-state index >= 15 is 0 Å². The van der Waals surface area contributed by atoms with Gasteiger partial charge in [0.25, 0.3) is 0 Å². The molecule has 0 aliphatic heterocycles. The molecular weight excluding hydrogens is 767 g/mol. The Labute approximate surface area is 385 Å². The van der Waals surface area contributed by atoms with Crippen molar-refractivity contribution < 1.29 is 24.5 Å². The van der Waals surface area contributed by atoms with Crippen LogP contribution in [0, 0.1) is 0 Å². The molecule has 62 heavy (non-hydrogen) atoms. The molecule has 0 aliphatic carbocycles. The lowest BCUT2D eigenvalue weighted by Crippen LogP contribution is -2.46. The summed E-state index contributed by atoms with van der Waals surface area (Å²) in [7, 11) is 0. The van der Waals surface area contributed by atoms with Crippen molar-refractivity contribution in [3.8, 4) is 0 Å². The van der Waals surface area contributed by atoms with Crippen molar-refractivity contribution in [3.63, 3.8) is 0 Å². The van der Waals surface area contributed by atoms with E-state index in [2.05, 4.69) is 56.5 Å². The number of hydrogen-bond donors (Lipinski definition) is 3. The van der Waals surface area contributed by atoms with Gasteiger partial charge in [-0.15, -0.1) is 0 Å². The molecule has 1 amide bonds. The molecular formula is C56H103NO5. The number of nitrogens with one attached hydrogen (secondary N) is 1. The van der Waals surface area contributed by atoms with Crippen LogP contribution >= 0.6 is 0 Å². The molecule has 0 saturated heterocycles. The first-order valence-corrected chi connectivity index (χ1v) is 26.9. The number of allylic oxidation sites excluding steroid dienone is 8. The minimum atomic E-state index is -0.790. The molecule has 6 nitrogen and oxygen atoms in total. The molecule has 0 bridgehead atoms. The summed E-state index contributed by atoms with van der Waals surface area (Å²) in [5.74, 6) is -0.490. The molecule has 0 radical (unpaired) electrons. The molecule has 0 spiro atoms. The Morgan fingerprint density at radius 2 is 0.871 bits per heavy atom. The van der Waals surface area contributed by atoms with Crippen LogP contribution in [-0.2, 0) is 14.3 Å². The Bertz CT molecular complexity index is 1070. The fourth-order valence-corrected chi connectivity index (χ4v) is 8.21. The van der Waals surface area contributed by atoms with E-state index in [0.29, 0.717) is 19.3 Å². The molecule has 0 saturated carbocycles. The quantitative estimate of drug-likeness (QED) is 0.0322. The first kappa shape index (κ1) is 59.8. The summed E-state index contributed by atoms with van der Waals surface area (Å²) in [5.41, 5.74) is 0. The number of carbonyl (C=O) groups excluding carboxylic acids is 2. The highest BCUT2D eigenvalue weighted by Crippen LogP contribution is 2.18. The number of carbonyl (C=O) groups is 2. The lowest BCUT2D eigenvalue weighted by molar-refractivity contribution is -0.151. The summed E-state index contributed by atoms with van der Waals surface area (Å²) >= 11 is 0. The van der Waals surface area contributed by atoms with Crippen molar-refractivity contribution in [1.29, 1.82) is 0 Å². The third kappa shape index (κ3) is 44.4. The lowest BCUT2D eigenvalue weighted by atomic mass is 10.0. The van der Waals surface area contributed by atoms with E-state index in [9.17, 15) is 19.8 Å². The number of esters is 1. The van der Waals surface area contributed by atoms with E-state index in [1.165, 1.54) is 148 Å². The number of aliphatic hydroxyl groups is 2. The number of rotatable bonds is 48. The standard InChI is InChI=1S/C56H103NO5/c1-4-7-10-13-16-19-22-25-28-31-34-37-40-43-46-49-56(61)62-52(47-44-41-38-35-32-29-26-23-20-17-14-11-8-5-2)50-55(60)57-53(51-58)54(59)48-45-42-39-36-33-30-27-24-21-18-15-12-9-6-3/h7,10,13,16,19,22,25,28,52-54,58-59H,4-6,8-9,11-12,14-15,17-18,20-21,23-24,26-27,29-51H2,1-3H3,(H,57,60)/b10-7+,16-13+,22-19+,28-25-. The lowest BCUT2D eigenvalue weighted by Gasteiger charge is -2.24. The van der Waals surface area contributed by atoms with Crippen LogP contribution in [-0.4, -0.2) is 46.9 Å². The summed E-state index contributed by atoms with van der Waals surface area (Å²) in [4.78, 5) is 26.2. The van der Waals surface area contributed by atoms with Crippen LogP contribution in [0.5, 0.6) is 0 Å². The highest BCUT2D eigenvalue weighted by molar-refractivity contribution is 5.77. The molecule has 0 fully saturated rings. The van der Waals surface area contributed by atoms with Crippen molar-refractivity contribution in [2.45, 2.75) is 289 Å². The second-order valence-electron chi connectivity index (χ2n) is 18.4. The summed E-state index contributed by atoms with van der Waals surface area (Å²) in [6, 6.07) is -0.705. The summed E-state index contributed by atoms with van der Waals surface area (Å²) in [6.07, 6.45) is 60.2. The Morgan fingerprint density at radius 3 is 1.32 bits per heavy atom. The second kappa shape index (κ2) is 49.8. The molecule has 0 aromatic heterocycles. The van der Waals surface area contributed by atoms with Crippen molar-refractivity contribution in [1.82, 2.24) is 5.32 Å². The maximum absolute atomic E-state index is 13.2. The highest BCUT2D eigenvalue weighted by Gasteiger charge is 2.24. The van der Waals surface area contributed by atoms with Gasteiger partial charge in [-0.25, -0.2) is 0 Å². The average Bonchev–Trinajstić information content (AvgIpc) is 3.26. The van der Waals surface area contributed by atoms with Crippen molar-refractivity contribution in [2.24, 2.45) is 0 Å². The molecule has 3 unspecified atom stereocenters. The predicted molar refractivity (Wildman–Crippen MR) is 269 cm³/mol. The minimum absolute atomic E-state index is 0.0706. The van der Waals surface area contributed by atoms with Gasteiger partial charge in [-0.1, -0.05) is 262 Å². The van der Waals surface area contributed by atoms with E-state index in [4.69, 9.17) is 4.74 Å². The van der Waals surface area contributed by atoms with Crippen LogP contribution in [0.3, 0.4) is 0 Å². The Kier molecular flexibility index (Phi) is 48.1. The van der Waals surface area contributed by atoms with Crippen LogP contribution in [0.25, 0.3) is 0 Å². The van der Waals surface area contributed by atoms with Gasteiger partial charge in [0, 0.05) is 6.42 Å². The number of amides is 1. The van der Waals surface area contributed by atoms with Crippen LogP contribution < -0.4 is 5.32 Å². The molecule has 3 atom stereocenters. The van der Waals surface area contributed by atoms with Crippen molar-refractivity contribution in [3.05, 3.63) is 48.6 Å². The van der Waals surface area contributed by atoms with Gasteiger partial charge in [-0.05, 0) is 44.9 Å². The molecule has 0 aliphatic rings. The fourth-order valence-electron chi connectivity index (χ4n) is 8.21. The van der Waals surface area contributed by atoms with Crippen LogP contribution in [0.1, 0.15) is 271 Å². The van der Waals surface area contributed by atoms with Crippen LogP contribution in [0.15, 0.2) is 48.6 Å². The van der Waals surface area contributed by atoms with Gasteiger partial charge in [-0.2, -0.15) is 0 Å². The first-order chi connectivity index (χ1) is 30.5. The largest absolute Gasteiger partial charge is 0.462 e. The van der Waals surface area contributed by atoms with Crippen LogP contribution in [0.4, 0.5) is 0 Å². The Balaban J connectivity index is 4.58. The Morgan fingerprint density at radius 1 is 0.484 bits per heavy atom. The molecule has 6 heteroatoms. The molecule has 362 valence electrons. The number of unbranched alkanes of at least 4 members (excludes halogenated alkanes) is 31. The van der Waals surface area contributed by atoms with Gasteiger partial charge in [0.2, 0.25) is 5.91 Å². The van der Waals surface area contributed by atoms with Crippen molar-refractivity contribution >= 4 is 11.9 Å². The average molecular weight is 870 g/mol. The SMILES string of the molecule is CC/C=C/C=C/C=C/C=C\CCCCCCCC(=O)OC(CCCCCCCCCCCCCCCC)CC(=O)NC(CO)C(O)CCCCCCCCCCCCCCCC. The monoisotopic (exact) mass is 870 g/mol. The predicted octanol–water partition coefficient (Wildman–Crippen LogP) is 16.2. The van der Waals surface area contributed by atoms with Crippen molar-refractivity contribution in [2.75, 3.05) is 6.61 Å². The van der Waals surface area contributed by atoms with E-state index in [0.717, 1.165) is 77.0 Å². The van der Waals surface area contributed by atoms with Gasteiger partial charge < -0.3 is 20.3 Å². The van der Waals surface area contributed by atoms with Gasteiger partial charge >= 0.3 is 5.97 Å². The van der Waals surface area contributed by atoms with Gasteiger partial charge in [-0.3, -0.25) is 9.59 Å². The molecule has 0 heterocycles. The summed E-state index contributed by atoms with van der Waals surface area (Å²) in [5, 5.41) is 23.8. The van der Waals surface area contributed by atoms with E-state index in [1.807, 2.05) is 18.2 Å². The summed E-state index contributed by atoms with van der Waals surface area (Å²) < 4.78 is 5.94. The molecule has 0 rings (SSSR count). The highest BCUT2D eigenvalue weighted by atomic mass is 16.5. The second-order valence-corrected chi connectivity index (χ2v) is 18.4. The molecule has 0 aromatic carbocycles. The smallest absolute Gasteiger partial charge is 0.306 e. The maximum atomic E-state index is 13.2. The number of aliphatic hydroxyl groups excluding tert-OH is 2. The zero-order valence-electron chi connectivity index (χ0n) is 41.3. The minimum Gasteiger partial charge on any atom is -0.462 e. The fraction of sp³-hybridized carbons (Fsp3) is 0.821. The first-order valence-electron chi connectivity index (χ1n) is 26.9. The molecule has 3 N–H and O–H groups in total. The van der Waals surface area contributed by atoms with E-state index in [1.54, 1.807) is 0 Å². The molecule has 0 aromatic rings. The number of ether oxygens (including phenoxy) is 1. The van der Waals surface area contributed by atoms with E-state index in [-0.39, 0.29) is 24.9 Å². The van der Waals surface area contributed by atoms with Gasteiger partial charge in [0.1, 0.15) is 6.10 Å². The Hall–Kier alpha value is -2.18.